The quantitative estimate of drug-likeness (QED) is 0.521. The number of rotatable bonds is 6. The number of hydrogen-bond acceptors (Lipinski definition) is 5. The van der Waals surface area contributed by atoms with E-state index in [1.165, 1.54) is 12.1 Å². The van der Waals surface area contributed by atoms with E-state index in [1.807, 2.05) is 31.2 Å². The first kappa shape index (κ1) is 19.3. The Morgan fingerprint density at radius 2 is 1.73 bits per heavy atom. The smallest absolute Gasteiger partial charge is 0.248 e. The summed E-state index contributed by atoms with van der Waals surface area (Å²) in [4.78, 5) is 13.4. The van der Waals surface area contributed by atoms with Gasteiger partial charge in [-0.2, -0.15) is 4.80 Å². The van der Waals surface area contributed by atoms with Gasteiger partial charge in [-0.25, -0.2) is 4.39 Å². The first-order valence-corrected chi connectivity index (χ1v) is 9.23. The molecule has 0 fully saturated rings. The number of nitrogens with one attached hydrogen (secondary N) is 1. The molecule has 1 N–H and O–H groups in total. The predicted molar refractivity (Wildman–Crippen MR) is 110 cm³/mol. The molecule has 30 heavy (non-hydrogen) atoms. The second-order valence-electron chi connectivity index (χ2n) is 6.64. The first-order valence-electron chi connectivity index (χ1n) is 9.23. The van der Waals surface area contributed by atoms with Gasteiger partial charge in [-0.3, -0.25) is 4.79 Å². The second-order valence-corrected chi connectivity index (χ2v) is 6.64. The van der Waals surface area contributed by atoms with Crippen molar-refractivity contribution in [2.24, 2.45) is 0 Å². The van der Waals surface area contributed by atoms with Crippen LogP contribution >= 0.6 is 0 Å². The number of tetrazole rings is 1. The summed E-state index contributed by atoms with van der Waals surface area (Å²) in [6.07, 6.45) is 0. The first-order chi connectivity index (χ1) is 14.5. The van der Waals surface area contributed by atoms with Gasteiger partial charge in [-0.15, -0.1) is 10.2 Å². The Kier molecular flexibility index (Phi) is 5.47. The number of aryl methyl sites for hydroxylation is 1. The molecule has 0 saturated carbocycles. The Morgan fingerprint density at radius 3 is 2.43 bits per heavy atom. The van der Waals surface area contributed by atoms with E-state index in [2.05, 4.69) is 20.7 Å². The molecule has 4 aromatic rings. The fourth-order valence-electron chi connectivity index (χ4n) is 2.73. The molecule has 1 amide bonds. The van der Waals surface area contributed by atoms with E-state index in [4.69, 9.17) is 4.74 Å². The molecular weight excluding hydrogens is 385 g/mol. The summed E-state index contributed by atoms with van der Waals surface area (Å²) in [5.74, 6) is 0.944. The van der Waals surface area contributed by atoms with Crippen molar-refractivity contribution < 1.29 is 13.9 Å². The highest BCUT2D eigenvalue weighted by atomic mass is 19.1. The third-order valence-corrected chi connectivity index (χ3v) is 4.22. The van der Waals surface area contributed by atoms with Crippen LogP contribution in [0, 0.1) is 12.7 Å². The van der Waals surface area contributed by atoms with Gasteiger partial charge in [0.15, 0.2) is 0 Å². The van der Waals surface area contributed by atoms with Gasteiger partial charge in [0.1, 0.15) is 23.9 Å². The number of benzene rings is 3. The standard InChI is InChI=1S/C22H18FN5O2/c1-15-5-9-19(10-6-15)30-20-11-7-18(8-12-20)24-21(29)14-28-26-22(25-27-28)16-3-2-4-17(23)13-16/h2-13H,14H2,1H3,(H,24,29). The van der Waals surface area contributed by atoms with Crippen LogP contribution in [0.1, 0.15) is 5.56 Å². The molecular formula is C22H18FN5O2. The summed E-state index contributed by atoms with van der Waals surface area (Å²) < 4.78 is 19.1. The van der Waals surface area contributed by atoms with Crippen LogP contribution in [0.5, 0.6) is 11.5 Å². The molecule has 0 saturated heterocycles. The van der Waals surface area contributed by atoms with Gasteiger partial charge in [-0.05, 0) is 60.7 Å². The van der Waals surface area contributed by atoms with Gasteiger partial charge < -0.3 is 10.1 Å². The minimum atomic E-state index is -0.392. The molecule has 0 bridgehead atoms. The molecule has 0 unspecified atom stereocenters. The molecule has 1 heterocycles. The van der Waals surface area contributed by atoms with E-state index in [1.54, 1.807) is 36.4 Å². The Hall–Kier alpha value is -4.07. The summed E-state index contributed by atoms with van der Waals surface area (Å²) >= 11 is 0. The lowest BCUT2D eigenvalue weighted by molar-refractivity contribution is -0.117. The zero-order valence-electron chi connectivity index (χ0n) is 16.1. The molecule has 7 nitrogen and oxygen atoms in total. The van der Waals surface area contributed by atoms with Gasteiger partial charge >= 0.3 is 0 Å². The van der Waals surface area contributed by atoms with Crippen LogP contribution in [0.25, 0.3) is 11.4 Å². The summed E-state index contributed by atoms with van der Waals surface area (Å²) in [6.45, 7) is 1.89. The van der Waals surface area contributed by atoms with E-state index in [0.717, 1.165) is 16.1 Å². The van der Waals surface area contributed by atoms with Gasteiger partial charge in [0.2, 0.25) is 11.7 Å². The largest absolute Gasteiger partial charge is 0.457 e. The highest BCUT2D eigenvalue weighted by Gasteiger charge is 2.10. The Labute approximate surface area is 172 Å². The van der Waals surface area contributed by atoms with Gasteiger partial charge in [0.25, 0.3) is 0 Å². The van der Waals surface area contributed by atoms with Crippen LogP contribution in [0.4, 0.5) is 10.1 Å². The van der Waals surface area contributed by atoms with Crippen molar-refractivity contribution in [3.63, 3.8) is 0 Å². The van der Waals surface area contributed by atoms with Crippen molar-refractivity contribution in [3.8, 4) is 22.9 Å². The molecule has 8 heteroatoms. The molecule has 0 radical (unpaired) electrons. The minimum Gasteiger partial charge on any atom is -0.457 e. The number of anilines is 1. The summed E-state index contributed by atoms with van der Waals surface area (Å²) in [5, 5.41) is 14.6. The van der Waals surface area contributed by atoms with Crippen molar-refractivity contribution in [2.45, 2.75) is 13.5 Å². The van der Waals surface area contributed by atoms with Gasteiger partial charge in [0.05, 0.1) is 0 Å². The molecule has 1 aromatic heterocycles. The van der Waals surface area contributed by atoms with Crippen molar-refractivity contribution >= 4 is 11.6 Å². The average molecular weight is 403 g/mol. The van der Waals surface area contributed by atoms with E-state index in [-0.39, 0.29) is 18.3 Å². The highest BCUT2D eigenvalue weighted by Crippen LogP contribution is 2.23. The lowest BCUT2D eigenvalue weighted by Gasteiger charge is -2.08. The Morgan fingerprint density at radius 1 is 1.03 bits per heavy atom. The molecule has 3 aromatic carbocycles. The molecule has 4 rings (SSSR count). The second kappa shape index (κ2) is 8.52. The topological polar surface area (TPSA) is 81.9 Å². The number of carbonyl (C=O) groups is 1. The third-order valence-electron chi connectivity index (χ3n) is 4.22. The van der Waals surface area contributed by atoms with Crippen LogP contribution in [0.15, 0.2) is 72.8 Å². The van der Waals surface area contributed by atoms with E-state index < -0.39 is 5.82 Å². The lowest BCUT2D eigenvalue weighted by atomic mass is 10.2. The number of ether oxygens (including phenoxy) is 1. The fourth-order valence-corrected chi connectivity index (χ4v) is 2.73. The zero-order chi connectivity index (χ0) is 20.9. The molecule has 0 aliphatic carbocycles. The number of carbonyl (C=O) groups excluding carboxylic acids is 1. The number of nitrogens with zero attached hydrogens (tertiary/aromatic N) is 4. The number of hydrogen-bond donors (Lipinski definition) is 1. The van der Waals surface area contributed by atoms with E-state index in [9.17, 15) is 9.18 Å². The molecule has 150 valence electrons. The van der Waals surface area contributed by atoms with Crippen molar-refractivity contribution in [1.82, 2.24) is 20.2 Å². The van der Waals surface area contributed by atoms with E-state index >= 15 is 0 Å². The van der Waals surface area contributed by atoms with Crippen molar-refractivity contribution in [2.75, 3.05) is 5.32 Å². The number of halogens is 1. The van der Waals surface area contributed by atoms with Gasteiger partial charge in [-0.1, -0.05) is 29.8 Å². The van der Waals surface area contributed by atoms with Crippen LogP contribution in [-0.2, 0) is 11.3 Å². The molecule has 0 aliphatic heterocycles. The molecule has 0 atom stereocenters. The SMILES string of the molecule is Cc1ccc(Oc2ccc(NC(=O)Cn3nnc(-c4cccc(F)c4)n3)cc2)cc1. The van der Waals surface area contributed by atoms with Crippen molar-refractivity contribution in [1.29, 1.82) is 0 Å². The maximum atomic E-state index is 13.3. The van der Waals surface area contributed by atoms with Gasteiger partial charge in [0, 0.05) is 11.3 Å². The molecule has 0 spiro atoms. The Balaban J connectivity index is 1.34. The maximum Gasteiger partial charge on any atom is 0.248 e. The highest BCUT2D eigenvalue weighted by molar-refractivity contribution is 5.90. The average Bonchev–Trinajstić information content (AvgIpc) is 3.19. The lowest BCUT2D eigenvalue weighted by Crippen LogP contribution is -2.20. The third kappa shape index (κ3) is 4.85. The van der Waals surface area contributed by atoms with Crippen LogP contribution < -0.4 is 10.1 Å². The Bertz CT molecular complexity index is 1160. The van der Waals surface area contributed by atoms with E-state index in [0.29, 0.717) is 17.0 Å². The molecule has 0 aliphatic rings. The van der Waals surface area contributed by atoms with Crippen LogP contribution in [0.2, 0.25) is 0 Å². The number of aromatic nitrogens is 4. The normalized spacial score (nSPS) is 10.6. The summed E-state index contributed by atoms with van der Waals surface area (Å²) in [6, 6.07) is 20.6. The summed E-state index contributed by atoms with van der Waals surface area (Å²) in [7, 11) is 0. The predicted octanol–water partition coefficient (Wildman–Crippen LogP) is 4.22. The monoisotopic (exact) mass is 403 g/mol. The fraction of sp³-hybridized carbons (Fsp3) is 0.0909. The number of amides is 1. The maximum absolute atomic E-state index is 13.3. The van der Waals surface area contributed by atoms with Crippen LogP contribution in [-0.4, -0.2) is 26.1 Å². The van der Waals surface area contributed by atoms with Crippen molar-refractivity contribution in [3.05, 3.63) is 84.2 Å². The minimum absolute atomic E-state index is 0.121. The summed E-state index contributed by atoms with van der Waals surface area (Å²) in [5.41, 5.74) is 2.26. The zero-order valence-corrected chi connectivity index (χ0v) is 16.1. The van der Waals surface area contributed by atoms with Crippen LogP contribution in [0.3, 0.4) is 0 Å².